The van der Waals surface area contributed by atoms with Gasteiger partial charge in [0.15, 0.2) is 0 Å². The second-order valence-electron chi connectivity index (χ2n) is 3.04. The van der Waals surface area contributed by atoms with Crippen molar-refractivity contribution in [3.63, 3.8) is 0 Å². The Hall–Kier alpha value is -0.680. The molecule has 0 heterocycles. The second-order valence-corrected chi connectivity index (χ2v) is 3.04. The van der Waals surface area contributed by atoms with Gasteiger partial charge in [-0.1, -0.05) is 0 Å². The highest BCUT2D eigenvalue weighted by Gasteiger charge is 2.70. The molecule has 0 aliphatic carbocycles. The average molecular weight is 306 g/mol. The van der Waals surface area contributed by atoms with Crippen molar-refractivity contribution in [2.45, 2.75) is 38.3 Å². The molecule has 0 unspecified atom stereocenters. The Kier molecular flexibility index (Phi) is 5.55. The van der Waals surface area contributed by atoms with Crippen LogP contribution in [0.25, 0.3) is 0 Å². The van der Waals surface area contributed by atoms with Crippen LogP contribution in [-0.4, -0.2) is 37.6 Å². The number of alkyl halides is 8. The molecule has 0 N–H and O–H groups in total. The predicted molar refractivity (Wildman–Crippen MR) is 44.1 cm³/mol. The van der Waals surface area contributed by atoms with Gasteiger partial charge in [-0.25, -0.2) is 4.74 Å². The van der Waals surface area contributed by atoms with E-state index in [9.17, 15) is 35.1 Å². The van der Waals surface area contributed by atoms with Gasteiger partial charge in [0.2, 0.25) is 0 Å². The van der Waals surface area contributed by atoms with Crippen LogP contribution in [0.5, 0.6) is 0 Å². The van der Waals surface area contributed by atoms with Gasteiger partial charge in [-0.2, -0.15) is 35.1 Å². The molecule has 0 aromatic carbocycles. The molecule has 0 saturated heterocycles. The Bertz CT molecular complexity index is 266. The van der Waals surface area contributed by atoms with E-state index >= 15 is 0 Å². The summed E-state index contributed by atoms with van der Waals surface area (Å²) in [6.07, 6.45) is -23.0. The average Bonchev–Trinajstić information content (AvgIpc) is 2.14. The van der Waals surface area contributed by atoms with E-state index in [0.717, 1.165) is 13.8 Å². The number of halogens is 8. The van der Waals surface area contributed by atoms with Gasteiger partial charge in [0.1, 0.15) is 0 Å². The molecule has 0 fully saturated rings. The zero-order valence-electron chi connectivity index (χ0n) is 9.66. The molecule has 0 amide bonds. The lowest BCUT2D eigenvalue weighted by molar-refractivity contribution is -0.527. The molecular weight excluding hydrogens is 296 g/mol. The molecule has 0 aromatic rings. The molecular formula is C8H10F8O3. The lowest BCUT2D eigenvalue weighted by atomic mass is 10.5. The highest BCUT2D eigenvalue weighted by Crippen LogP contribution is 2.45. The van der Waals surface area contributed by atoms with Gasteiger partial charge in [0.25, 0.3) is 0 Å². The fraction of sp³-hybridized carbons (Fsp3) is 1.00. The molecule has 3 nitrogen and oxygen atoms in total. The maximum absolute atomic E-state index is 12.7. The van der Waals surface area contributed by atoms with E-state index in [1.807, 2.05) is 0 Å². The highest BCUT2D eigenvalue weighted by molar-refractivity contribution is 4.74. The minimum absolute atomic E-state index is 0.858. The van der Waals surface area contributed by atoms with Gasteiger partial charge in [0.05, 0.1) is 13.2 Å². The molecule has 0 bridgehead atoms. The summed E-state index contributed by atoms with van der Waals surface area (Å²) in [6.45, 7) is -0.257. The van der Waals surface area contributed by atoms with E-state index in [-0.39, 0.29) is 0 Å². The van der Waals surface area contributed by atoms with Gasteiger partial charge in [0, 0.05) is 0 Å². The van der Waals surface area contributed by atoms with Crippen molar-refractivity contribution in [1.29, 1.82) is 0 Å². The first kappa shape index (κ1) is 18.3. The van der Waals surface area contributed by atoms with E-state index in [1.165, 1.54) is 0 Å². The number of hydrogen-bond acceptors (Lipinski definition) is 3. The molecule has 0 aromatic heterocycles. The van der Waals surface area contributed by atoms with E-state index in [4.69, 9.17) is 0 Å². The van der Waals surface area contributed by atoms with Crippen LogP contribution in [0.2, 0.25) is 0 Å². The van der Waals surface area contributed by atoms with Crippen LogP contribution in [-0.2, 0) is 14.2 Å². The van der Waals surface area contributed by atoms with E-state index < -0.39 is 37.6 Å². The summed E-state index contributed by atoms with van der Waals surface area (Å²) in [5, 5.41) is 0. The second kappa shape index (κ2) is 5.75. The topological polar surface area (TPSA) is 27.7 Å². The normalized spacial score (nSPS) is 14.8. The van der Waals surface area contributed by atoms with Crippen LogP contribution >= 0.6 is 0 Å². The number of ether oxygens (including phenoxy) is 3. The van der Waals surface area contributed by atoms with Crippen LogP contribution < -0.4 is 0 Å². The van der Waals surface area contributed by atoms with Crippen LogP contribution in [0, 0.1) is 0 Å². The Morgan fingerprint density at radius 3 is 1.05 bits per heavy atom. The summed E-state index contributed by atoms with van der Waals surface area (Å²) in [5.74, 6) is 0. The first-order valence-electron chi connectivity index (χ1n) is 4.82. The minimum atomic E-state index is -5.98. The Balaban J connectivity index is 5.09. The number of hydrogen-bond donors (Lipinski definition) is 0. The fourth-order valence-corrected chi connectivity index (χ4v) is 0.810. The van der Waals surface area contributed by atoms with Crippen LogP contribution in [0.3, 0.4) is 0 Å². The van der Waals surface area contributed by atoms with Crippen LogP contribution in [0.15, 0.2) is 0 Å². The lowest BCUT2D eigenvalue weighted by Crippen LogP contribution is -2.55. The SMILES string of the molecule is CCOC(F)(F)C(F)(F)OC(F)(F)C(F)(F)OCC. The maximum atomic E-state index is 12.7. The molecule has 0 aliphatic rings. The van der Waals surface area contributed by atoms with E-state index in [2.05, 4.69) is 14.2 Å². The van der Waals surface area contributed by atoms with Crippen molar-refractivity contribution < 1.29 is 49.3 Å². The van der Waals surface area contributed by atoms with Crippen molar-refractivity contribution in [3.05, 3.63) is 0 Å². The molecule has 0 atom stereocenters. The fourth-order valence-electron chi connectivity index (χ4n) is 0.810. The third kappa shape index (κ3) is 4.14. The largest absolute Gasteiger partial charge is 0.453 e. The standard InChI is InChI=1S/C8H10F8O3/c1-3-17-5(9,10)7(13,14)19-8(15,16)6(11,12)18-4-2/h3-4H2,1-2H3. The minimum Gasteiger partial charge on any atom is -0.314 e. The smallest absolute Gasteiger partial charge is 0.314 e. The molecule has 19 heavy (non-hydrogen) atoms. The Morgan fingerprint density at radius 2 is 0.842 bits per heavy atom. The molecule has 11 heteroatoms. The predicted octanol–water partition coefficient (Wildman–Crippen LogP) is 3.45. The summed E-state index contributed by atoms with van der Waals surface area (Å²) < 4.78 is 110. The Morgan fingerprint density at radius 1 is 0.579 bits per heavy atom. The summed E-state index contributed by atoms with van der Waals surface area (Å²) in [6, 6.07) is 0. The van der Waals surface area contributed by atoms with Crippen molar-refractivity contribution in [2.75, 3.05) is 13.2 Å². The summed E-state index contributed by atoms with van der Waals surface area (Å²) in [5.41, 5.74) is 0. The molecule has 0 aliphatic heterocycles. The number of rotatable bonds is 8. The maximum Gasteiger partial charge on any atom is 0.453 e. The quantitative estimate of drug-likeness (QED) is 0.643. The first-order valence-corrected chi connectivity index (χ1v) is 4.82. The summed E-state index contributed by atoms with van der Waals surface area (Å²) >= 11 is 0. The van der Waals surface area contributed by atoms with Gasteiger partial charge in [-0.15, -0.1) is 0 Å². The van der Waals surface area contributed by atoms with Crippen LogP contribution in [0.1, 0.15) is 13.8 Å². The zero-order chi connectivity index (χ0) is 15.5. The zero-order valence-corrected chi connectivity index (χ0v) is 9.66. The van der Waals surface area contributed by atoms with E-state index in [0.29, 0.717) is 0 Å². The van der Waals surface area contributed by atoms with Gasteiger partial charge >= 0.3 is 24.4 Å². The summed E-state index contributed by atoms with van der Waals surface area (Å²) in [7, 11) is 0. The molecule has 116 valence electrons. The Labute approximate surface area is 102 Å². The van der Waals surface area contributed by atoms with E-state index in [1.54, 1.807) is 0 Å². The first-order chi connectivity index (χ1) is 8.33. The third-order valence-electron chi connectivity index (χ3n) is 1.59. The molecule has 0 rings (SSSR count). The van der Waals surface area contributed by atoms with Crippen molar-refractivity contribution in [1.82, 2.24) is 0 Å². The monoisotopic (exact) mass is 306 g/mol. The third-order valence-corrected chi connectivity index (χ3v) is 1.59. The summed E-state index contributed by atoms with van der Waals surface area (Å²) in [4.78, 5) is 0. The van der Waals surface area contributed by atoms with Crippen molar-refractivity contribution in [2.24, 2.45) is 0 Å². The lowest BCUT2D eigenvalue weighted by Gasteiger charge is -2.31. The molecule has 0 saturated carbocycles. The van der Waals surface area contributed by atoms with Gasteiger partial charge < -0.3 is 9.47 Å². The molecule has 0 radical (unpaired) electrons. The highest BCUT2D eigenvalue weighted by atomic mass is 19.3. The van der Waals surface area contributed by atoms with Gasteiger partial charge in [-0.3, -0.25) is 0 Å². The van der Waals surface area contributed by atoms with Crippen molar-refractivity contribution in [3.8, 4) is 0 Å². The van der Waals surface area contributed by atoms with Crippen molar-refractivity contribution >= 4 is 0 Å². The van der Waals surface area contributed by atoms with Gasteiger partial charge in [-0.05, 0) is 13.8 Å². The molecule has 0 spiro atoms. The van der Waals surface area contributed by atoms with Crippen LogP contribution in [0.4, 0.5) is 35.1 Å².